The number of aromatic nitrogens is 2. The van der Waals surface area contributed by atoms with Crippen molar-refractivity contribution in [2.75, 3.05) is 42.2 Å². The van der Waals surface area contributed by atoms with Crippen LogP contribution in [0.3, 0.4) is 0 Å². The van der Waals surface area contributed by atoms with Crippen molar-refractivity contribution in [2.45, 2.75) is 44.6 Å². The molecular weight excluding hydrogens is 312 g/mol. The van der Waals surface area contributed by atoms with Gasteiger partial charge in [-0.3, -0.25) is 10.1 Å². The van der Waals surface area contributed by atoms with Crippen molar-refractivity contribution in [2.24, 2.45) is 0 Å². The number of nitrogens with one attached hydrogen (secondary N) is 1. The molecule has 9 heteroatoms. The van der Waals surface area contributed by atoms with Gasteiger partial charge < -0.3 is 20.7 Å². The van der Waals surface area contributed by atoms with E-state index < -0.39 is 4.92 Å². The SMILES string of the molecule is Nc1nc(NC[C@H]2CCCO2)nc(N2CCCCCC2)c1[N+](=O)[O-]. The first kappa shape index (κ1) is 16.7. The summed E-state index contributed by atoms with van der Waals surface area (Å²) in [6.45, 7) is 2.86. The summed E-state index contributed by atoms with van der Waals surface area (Å²) in [6.07, 6.45) is 6.44. The van der Waals surface area contributed by atoms with Gasteiger partial charge in [-0.05, 0) is 25.7 Å². The highest BCUT2D eigenvalue weighted by Crippen LogP contribution is 2.33. The van der Waals surface area contributed by atoms with Crippen molar-refractivity contribution in [1.29, 1.82) is 0 Å². The maximum absolute atomic E-state index is 11.4. The lowest BCUT2D eigenvalue weighted by molar-refractivity contribution is -0.383. The minimum atomic E-state index is -0.487. The van der Waals surface area contributed by atoms with E-state index in [1.165, 1.54) is 0 Å². The molecule has 1 atom stereocenters. The topological polar surface area (TPSA) is 119 Å². The van der Waals surface area contributed by atoms with Gasteiger partial charge in [0.1, 0.15) is 0 Å². The first-order valence-corrected chi connectivity index (χ1v) is 8.57. The van der Waals surface area contributed by atoms with Gasteiger partial charge in [0.25, 0.3) is 0 Å². The quantitative estimate of drug-likeness (QED) is 0.618. The van der Waals surface area contributed by atoms with Crippen molar-refractivity contribution in [3.05, 3.63) is 10.1 Å². The van der Waals surface area contributed by atoms with Crippen LogP contribution in [0.2, 0.25) is 0 Å². The first-order valence-electron chi connectivity index (χ1n) is 8.57. The molecule has 0 spiro atoms. The van der Waals surface area contributed by atoms with Gasteiger partial charge in [-0.1, -0.05) is 12.8 Å². The summed E-state index contributed by atoms with van der Waals surface area (Å²) in [5.41, 5.74) is 5.67. The van der Waals surface area contributed by atoms with Crippen molar-refractivity contribution in [3.63, 3.8) is 0 Å². The van der Waals surface area contributed by atoms with Gasteiger partial charge in [-0.2, -0.15) is 9.97 Å². The summed E-state index contributed by atoms with van der Waals surface area (Å²) in [5, 5.41) is 14.5. The average molecular weight is 336 g/mol. The zero-order valence-electron chi connectivity index (χ0n) is 13.7. The van der Waals surface area contributed by atoms with E-state index in [0.717, 1.165) is 58.2 Å². The fraction of sp³-hybridized carbons (Fsp3) is 0.733. The Morgan fingerprint density at radius 1 is 1.25 bits per heavy atom. The minimum Gasteiger partial charge on any atom is -0.378 e. The molecule has 132 valence electrons. The molecule has 24 heavy (non-hydrogen) atoms. The van der Waals surface area contributed by atoms with Crippen molar-refractivity contribution < 1.29 is 9.66 Å². The highest BCUT2D eigenvalue weighted by Gasteiger charge is 2.28. The molecule has 0 unspecified atom stereocenters. The molecule has 0 bridgehead atoms. The van der Waals surface area contributed by atoms with Gasteiger partial charge in [-0.25, -0.2) is 0 Å². The fourth-order valence-electron chi connectivity index (χ4n) is 3.23. The van der Waals surface area contributed by atoms with Gasteiger partial charge in [0, 0.05) is 26.2 Å². The Labute approximate surface area is 140 Å². The Bertz CT molecular complexity index is 583. The monoisotopic (exact) mass is 336 g/mol. The minimum absolute atomic E-state index is 0.0934. The van der Waals surface area contributed by atoms with E-state index in [1.807, 2.05) is 4.90 Å². The van der Waals surface area contributed by atoms with Crippen LogP contribution in [-0.2, 0) is 4.74 Å². The first-order chi connectivity index (χ1) is 11.6. The lowest BCUT2D eigenvalue weighted by atomic mass is 10.2. The number of nitrogens with two attached hydrogens (primary N) is 1. The fourth-order valence-corrected chi connectivity index (χ4v) is 3.23. The van der Waals surface area contributed by atoms with Crippen LogP contribution in [0.5, 0.6) is 0 Å². The van der Waals surface area contributed by atoms with Gasteiger partial charge in [-0.15, -0.1) is 0 Å². The molecule has 0 saturated carbocycles. The average Bonchev–Trinajstić information content (AvgIpc) is 2.92. The zero-order chi connectivity index (χ0) is 16.9. The van der Waals surface area contributed by atoms with Crippen LogP contribution in [0.4, 0.5) is 23.3 Å². The molecule has 1 aromatic rings. The summed E-state index contributed by atoms with van der Waals surface area (Å²) < 4.78 is 5.56. The van der Waals surface area contributed by atoms with E-state index in [0.29, 0.717) is 18.3 Å². The van der Waals surface area contributed by atoms with Crippen molar-refractivity contribution >= 4 is 23.3 Å². The molecule has 3 heterocycles. The number of hydrogen-bond donors (Lipinski definition) is 2. The maximum Gasteiger partial charge on any atom is 0.353 e. The zero-order valence-corrected chi connectivity index (χ0v) is 13.7. The van der Waals surface area contributed by atoms with Gasteiger partial charge in [0.15, 0.2) is 0 Å². The van der Waals surface area contributed by atoms with Crippen LogP contribution in [0.1, 0.15) is 38.5 Å². The molecule has 2 aliphatic heterocycles. The highest BCUT2D eigenvalue weighted by molar-refractivity contribution is 5.71. The second kappa shape index (κ2) is 7.61. The summed E-state index contributed by atoms with van der Waals surface area (Å²) in [7, 11) is 0. The number of ether oxygens (including phenoxy) is 1. The number of hydrogen-bond acceptors (Lipinski definition) is 8. The van der Waals surface area contributed by atoms with E-state index in [9.17, 15) is 10.1 Å². The molecule has 0 aromatic carbocycles. The lowest BCUT2D eigenvalue weighted by Gasteiger charge is -2.22. The van der Waals surface area contributed by atoms with Crippen LogP contribution in [0.15, 0.2) is 0 Å². The lowest BCUT2D eigenvalue weighted by Crippen LogP contribution is -2.27. The second-order valence-corrected chi connectivity index (χ2v) is 6.28. The van der Waals surface area contributed by atoms with Crippen molar-refractivity contribution in [3.8, 4) is 0 Å². The van der Waals surface area contributed by atoms with E-state index in [2.05, 4.69) is 15.3 Å². The second-order valence-electron chi connectivity index (χ2n) is 6.28. The number of anilines is 3. The highest BCUT2D eigenvalue weighted by atomic mass is 16.6. The Hall–Kier alpha value is -2.16. The van der Waals surface area contributed by atoms with Crippen LogP contribution in [0.25, 0.3) is 0 Å². The van der Waals surface area contributed by atoms with E-state index in [-0.39, 0.29) is 17.6 Å². The third kappa shape index (κ3) is 3.84. The van der Waals surface area contributed by atoms with Crippen LogP contribution < -0.4 is 16.0 Å². The number of nitro groups is 1. The molecule has 2 fully saturated rings. The Kier molecular flexibility index (Phi) is 5.29. The molecule has 1 aromatic heterocycles. The Morgan fingerprint density at radius 3 is 2.62 bits per heavy atom. The number of rotatable bonds is 5. The van der Waals surface area contributed by atoms with Gasteiger partial charge in [0.2, 0.25) is 17.6 Å². The van der Waals surface area contributed by atoms with Crippen LogP contribution in [0, 0.1) is 10.1 Å². The Balaban J connectivity index is 1.83. The summed E-state index contributed by atoms with van der Waals surface area (Å²) in [5.74, 6) is 0.557. The van der Waals surface area contributed by atoms with Crippen LogP contribution >= 0.6 is 0 Å². The predicted octanol–water partition coefficient (Wildman–Crippen LogP) is 1.94. The molecule has 0 amide bonds. The Morgan fingerprint density at radius 2 is 2.00 bits per heavy atom. The molecule has 0 radical (unpaired) electrons. The largest absolute Gasteiger partial charge is 0.378 e. The molecule has 0 aliphatic carbocycles. The molecule has 2 aliphatic rings. The van der Waals surface area contributed by atoms with E-state index in [4.69, 9.17) is 10.5 Å². The number of nitrogens with zero attached hydrogens (tertiary/aromatic N) is 4. The van der Waals surface area contributed by atoms with Gasteiger partial charge in [0.05, 0.1) is 11.0 Å². The third-order valence-corrected chi connectivity index (χ3v) is 4.49. The smallest absolute Gasteiger partial charge is 0.353 e. The summed E-state index contributed by atoms with van der Waals surface area (Å²) in [4.78, 5) is 21.4. The molecule has 2 saturated heterocycles. The number of nitrogen functional groups attached to an aromatic ring is 1. The summed E-state index contributed by atoms with van der Waals surface area (Å²) >= 11 is 0. The predicted molar refractivity (Wildman–Crippen MR) is 91.2 cm³/mol. The molecule has 3 rings (SSSR count). The summed E-state index contributed by atoms with van der Waals surface area (Å²) in [6, 6.07) is 0. The molecular formula is C15H24N6O3. The third-order valence-electron chi connectivity index (χ3n) is 4.49. The van der Waals surface area contributed by atoms with E-state index in [1.54, 1.807) is 0 Å². The van der Waals surface area contributed by atoms with Crippen LogP contribution in [-0.4, -0.2) is 47.2 Å². The standard InChI is InChI=1S/C15H24N6O3/c16-13-12(21(22)23)14(20-7-3-1-2-4-8-20)19-15(18-13)17-10-11-6-5-9-24-11/h11H,1-10H2,(H3,16,17,18,19)/t11-/m1/s1. The van der Waals surface area contributed by atoms with E-state index >= 15 is 0 Å². The normalized spacial score (nSPS) is 21.5. The molecule has 9 nitrogen and oxygen atoms in total. The maximum atomic E-state index is 11.4. The van der Waals surface area contributed by atoms with Gasteiger partial charge >= 0.3 is 5.69 Å². The van der Waals surface area contributed by atoms with Crippen molar-refractivity contribution in [1.82, 2.24) is 9.97 Å². The molecule has 3 N–H and O–H groups in total.